The normalized spacial score (nSPS) is 19.4. The number of rotatable bonds is 1. The number of hydrogen-bond acceptors (Lipinski definition) is 3. The minimum atomic E-state index is 0.139. The highest BCUT2D eigenvalue weighted by Crippen LogP contribution is 2.31. The second-order valence-corrected chi connectivity index (χ2v) is 5.08. The van der Waals surface area contributed by atoms with Crippen molar-refractivity contribution in [1.29, 1.82) is 0 Å². The van der Waals surface area contributed by atoms with Crippen molar-refractivity contribution < 1.29 is 4.79 Å². The van der Waals surface area contributed by atoms with Crippen molar-refractivity contribution in [3.63, 3.8) is 0 Å². The van der Waals surface area contributed by atoms with E-state index in [1.807, 2.05) is 0 Å². The largest absolute Gasteiger partial charge is 0.369 e. The molecule has 0 unspecified atom stereocenters. The van der Waals surface area contributed by atoms with Gasteiger partial charge in [0.15, 0.2) is 0 Å². The number of carbonyl (C=O) groups excluding carboxylic acids is 1. The van der Waals surface area contributed by atoms with Crippen LogP contribution in [0.25, 0.3) is 0 Å². The smallest absolute Gasteiger partial charge is 0.224 e. The van der Waals surface area contributed by atoms with E-state index in [-0.39, 0.29) is 5.91 Å². The number of fused-ring (bicyclic) bond motifs is 1. The molecule has 4 nitrogen and oxygen atoms in total. The maximum Gasteiger partial charge on any atom is 0.224 e. The number of nitrogens with one attached hydrogen (secondary N) is 2. The van der Waals surface area contributed by atoms with E-state index in [9.17, 15) is 4.79 Å². The monoisotopic (exact) mass is 245 g/mol. The molecule has 2 aliphatic heterocycles. The van der Waals surface area contributed by atoms with Crippen molar-refractivity contribution in [2.45, 2.75) is 19.8 Å². The van der Waals surface area contributed by atoms with Crippen molar-refractivity contribution in [2.24, 2.45) is 0 Å². The Morgan fingerprint density at radius 3 is 2.72 bits per heavy atom. The molecule has 1 fully saturated rings. The van der Waals surface area contributed by atoms with Crippen LogP contribution in [0, 0.1) is 6.92 Å². The van der Waals surface area contributed by atoms with Gasteiger partial charge in [0.1, 0.15) is 0 Å². The van der Waals surface area contributed by atoms with Gasteiger partial charge in [-0.2, -0.15) is 0 Å². The number of anilines is 2. The molecule has 2 heterocycles. The van der Waals surface area contributed by atoms with E-state index in [2.05, 4.69) is 34.6 Å². The number of benzene rings is 1. The Balaban J connectivity index is 1.93. The molecule has 2 aliphatic rings. The van der Waals surface area contributed by atoms with Crippen LogP contribution in [0.2, 0.25) is 0 Å². The second-order valence-electron chi connectivity index (χ2n) is 5.08. The van der Waals surface area contributed by atoms with Crippen LogP contribution in [0.3, 0.4) is 0 Å². The fourth-order valence-corrected chi connectivity index (χ4v) is 2.77. The molecule has 1 aromatic rings. The molecule has 0 atom stereocenters. The average molecular weight is 245 g/mol. The number of hydrogen-bond donors (Lipinski definition) is 2. The Morgan fingerprint density at radius 1 is 1.17 bits per heavy atom. The van der Waals surface area contributed by atoms with Gasteiger partial charge in [0, 0.05) is 44.0 Å². The van der Waals surface area contributed by atoms with E-state index in [4.69, 9.17) is 0 Å². The van der Waals surface area contributed by atoms with E-state index >= 15 is 0 Å². The van der Waals surface area contributed by atoms with E-state index in [1.165, 1.54) is 16.8 Å². The average Bonchev–Trinajstić information content (AvgIpc) is 2.40. The lowest BCUT2D eigenvalue weighted by Gasteiger charge is -2.31. The highest BCUT2D eigenvalue weighted by molar-refractivity contribution is 5.95. The third-order valence-electron chi connectivity index (χ3n) is 3.77. The molecular formula is C14H19N3O. The van der Waals surface area contributed by atoms with Gasteiger partial charge in [0.05, 0.1) is 0 Å². The fourth-order valence-electron chi connectivity index (χ4n) is 2.77. The number of nitrogens with zero attached hydrogens (tertiary/aromatic N) is 1. The summed E-state index contributed by atoms with van der Waals surface area (Å²) in [5.74, 6) is 0.139. The third-order valence-corrected chi connectivity index (χ3v) is 3.77. The lowest BCUT2D eigenvalue weighted by molar-refractivity contribution is -0.116. The van der Waals surface area contributed by atoms with Gasteiger partial charge in [-0.3, -0.25) is 4.79 Å². The van der Waals surface area contributed by atoms with Crippen molar-refractivity contribution in [1.82, 2.24) is 5.32 Å². The summed E-state index contributed by atoms with van der Waals surface area (Å²) in [6, 6.07) is 4.43. The SMILES string of the molecule is Cc1cc(N2CCNCC2)cc2c1NC(=O)CC2. The predicted molar refractivity (Wildman–Crippen MR) is 73.2 cm³/mol. The van der Waals surface area contributed by atoms with Crippen LogP contribution in [-0.4, -0.2) is 32.1 Å². The van der Waals surface area contributed by atoms with Crippen LogP contribution >= 0.6 is 0 Å². The Bertz CT molecular complexity index is 478. The molecule has 0 bridgehead atoms. The Kier molecular flexibility index (Phi) is 2.96. The zero-order valence-electron chi connectivity index (χ0n) is 10.8. The van der Waals surface area contributed by atoms with Gasteiger partial charge < -0.3 is 15.5 Å². The van der Waals surface area contributed by atoms with Gasteiger partial charge in [-0.25, -0.2) is 0 Å². The Morgan fingerprint density at radius 2 is 1.94 bits per heavy atom. The van der Waals surface area contributed by atoms with Gasteiger partial charge in [-0.05, 0) is 36.6 Å². The summed E-state index contributed by atoms with van der Waals surface area (Å²) in [4.78, 5) is 13.9. The molecular weight excluding hydrogens is 226 g/mol. The molecule has 0 aromatic heterocycles. The summed E-state index contributed by atoms with van der Waals surface area (Å²) >= 11 is 0. The van der Waals surface area contributed by atoms with Gasteiger partial charge >= 0.3 is 0 Å². The summed E-state index contributed by atoms with van der Waals surface area (Å²) in [6.45, 7) is 6.30. The first-order valence-electron chi connectivity index (χ1n) is 6.63. The molecule has 4 heteroatoms. The molecule has 18 heavy (non-hydrogen) atoms. The number of piperazine rings is 1. The van der Waals surface area contributed by atoms with Gasteiger partial charge in [0.2, 0.25) is 5.91 Å². The van der Waals surface area contributed by atoms with Crippen LogP contribution in [-0.2, 0) is 11.2 Å². The third kappa shape index (κ3) is 2.08. The zero-order valence-corrected chi connectivity index (χ0v) is 10.8. The molecule has 96 valence electrons. The maximum atomic E-state index is 11.4. The summed E-state index contributed by atoms with van der Waals surface area (Å²) in [6.07, 6.45) is 1.47. The molecule has 3 rings (SSSR count). The summed E-state index contributed by atoms with van der Waals surface area (Å²) in [5, 5.41) is 6.36. The van der Waals surface area contributed by atoms with Gasteiger partial charge in [-0.1, -0.05) is 0 Å². The van der Waals surface area contributed by atoms with Crippen molar-refractivity contribution >= 4 is 17.3 Å². The van der Waals surface area contributed by atoms with Crippen molar-refractivity contribution in [2.75, 3.05) is 36.4 Å². The first kappa shape index (κ1) is 11.5. The molecule has 1 saturated heterocycles. The maximum absolute atomic E-state index is 11.4. The van der Waals surface area contributed by atoms with E-state index < -0.39 is 0 Å². The lowest BCUT2D eigenvalue weighted by atomic mass is 9.98. The van der Waals surface area contributed by atoms with Crippen LogP contribution in [0.4, 0.5) is 11.4 Å². The fraction of sp³-hybridized carbons (Fsp3) is 0.500. The van der Waals surface area contributed by atoms with Crippen molar-refractivity contribution in [3.8, 4) is 0 Å². The molecule has 2 N–H and O–H groups in total. The molecule has 0 radical (unpaired) electrons. The van der Waals surface area contributed by atoms with Crippen LogP contribution in [0.5, 0.6) is 0 Å². The second kappa shape index (κ2) is 4.61. The summed E-state index contributed by atoms with van der Waals surface area (Å²) in [5.41, 5.74) is 4.78. The quantitative estimate of drug-likeness (QED) is 0.783. The topological polar surface area (TPSA) is 44.4 Å². The molecule has 1 aromatic carbocycles. The van der Waals surface area contributed by atoms with Gasteiger partial charge in [-0.15, -0.1) is 0 Å². The minimum Gasteiger partial charge on any atom is -0.369 e. The molecule has 0 saturated carbocycles. The predicted octanol–water partition coefficient (Wildman–Crippen LogP) is 1.29. The first-order chi connectivity index (χ1) is 8.74. The van der Waals surface area contributed by atoms with E-state index in [0.29, 0.717) is 6.42 Å². The number of amides is 1. The first-order valence-corrected chi connectivity index (χ1v) is 6.63. The highest BCUT2D eigenvalue weighted by atomic mass is 16.1. The van der Waals surface area contributed by atoms with Crippen molar-refractivity contribution in [3.05, 3.63) is 23.3 Å². The Hall–Kier alpha value is -1.55. The number of aryl methyl sites for hydroxylation is 2. The van der Waals surface area contributed by atoms with Crippen LogP contribution < -0.4 is 15.5 Å². The van der Waals surface area contributed by atoms with E-state index in [1.54, 1.807) is 0 Å². The standard InChI is InChI=1S/C14H19N3O/c1-10-8-12(17-6-4-15-5-7-17)9-11-2-3-13(18)16-14(10)11/h8-9,15H,2-7H2,1H3,(H,16,18). The lowest BCUT2D eigenvalue weighted by Crippen LogP contribution is -2.43. The Labute approximate surface area is 107 Å². The van der Waals surface area contributed by atoms with Crippen LogP contribution in [0.1, 0.15) is 17.5 Å². The minimum absolute atomic E-state index is 0.139. The summed E-state index contributed by atoms with van der Waals surface area (Å²) in [7, 11) is 0. The van der Waals surface area contributed by atoms with E-state index in [0.717, 1.165) is 38.3 Å². The summed E-state index contributed by atoms with van der Waals surface area (Å²) < 4.78 is 0. The zero-order chi connectivity index (χ0) is 12.5. The van der Waals surface area contributed by atoms with Crippen LogP contribution in [0.15, 0.2) is 12.1 Å². The highest BCUT2D eigenvalue weighted by Gasteiger charge is 2.19. The van der Waals surface area contributed by atoms with Gasteiger partial charge in [0.25, 0.3) is 0 Å². The molecule has 0 aliphatic carbocycles. The molecule has 0 spiro atoms. The molecule has 1 amide bonds. The number of carbonyl (C=O) groups is 1.